The van der Waals surface area contributed by atoms with E-state index in [2.05, 4.69) is 20.8 Å². The lowest BCUT2D eigenvalue weighted by atomic mass is 9.47. The summed E-state index contributed by atoms with van der Waals surface area (Å²) in [6.07, 6.45) is 7.97. The molecule has 0 aromatic heterocycles. The van der Waals surface area contributed by atoms with Crippen molar-refractivity contribution < 1.29 is 30.0 Å². The first-order valence-electron chi connectivity index (χ1n) is 14.2. The molecule has 0 bridgehead atoms. The Morgan fingerprint density at radius 3 is 2.40 bits per heavy atom. The lowest BCUT2D eigenvalue weighted by molar-refractivity contribution is -0.222. The number of carbonyl (C=O) groups excluding carboxylic acids is 1. The summed E-state index contributed by atoms with van der Waals surface area (Å²) in [7, 11) is 0. The van der Waals surface area contributed by atoms with Gasteiger partial charge in [-0.2, -0.15) is 0 Å². The predicted octanol–water partition coefficient (Wildman–Crippen LogP) is 4.07. The Morgan fingerprint density at radius 1 is 1.06 bits per heavy atom. The minimum atomic E-state index is -1.12. The minimum absolute atomic E-state index is 0.0763. The fourth-order valence-electron chi connectivity index (χ4n) is 9.45. The second kappa shape index (κ2) is 9.89. The maximum Gasteiger partial charge on any atom is 0.303 e. The van der Waals surface area contributed by atoms with Crippen LogP contribution in [0.2, 0.25) is 0 Å². The van der Waals surface area contributed by atoms with Gasteiger partial charge in [0.2, 0.25) is 0 Å². The Hall–Kier alpha value is -0.690. The highest BCUT2D eigenvalue weighted by Gasteiger charge is 2.62. The Balaban J connectivity index is 1.43. The van der Waals surface area contributed by atoms with Crippen molar-refractivity contribution >= 4 is 5.97 Å². The van der Waals surface area contributed by atoms with E-state index in [9.17, 15) is 25.2 Å². The standard InChI is InChI=1S/C29H50O6/c1-17(6-7-18(2)28(5,16-30)35-19(3)31)23-10-11-24-22-14-26(33)29(34)15-20(32)8-9-25(29)21(22)12-13-27(23,24)4/h17-18,20-26,30,32-34H,6-16H2,1-5H3. The third-order valence-corrected chi connectivity index (χ3v) is 11.6. The van der Waals surface area contributed by atoms with Crippen molar-refractivity contribution in [3.05, 3.63) is 0 Å². The van der Waals surface area contributed by atoms with Gasteiger partial charge >= 0.3 is 5.97 Å². The average Bonchev–Trinajstić information content (AvgIpc) is 3.14. The third-order valence-electron chi connectivity index (χ3n) is 11.6. The second-order valence-electron chi connectivity index (χ2n) is 13.5. The van der Waals surface area contributed by atoms with E-state index >= 15 is 0 Å². The topological polar surface area (TPSA) is 107 Å². The quantitative estimate of drug-likeness (QED) is 0.398. The molecule has 202 valence electrons. The summed E-state index contributed by atoms with van der Waals surface area (Å²) >= 11 is 0. The van der Waals surface area contributed by atoms with E-state index < -0.39 is 23.4 Å². The molecule has 0 spiro atoms. The lowest BCUT2D eigenvalue weighted by Gasteiger charge is -2.60. The van der Waals surface area contributed by atoms with E-state index in [1.165, 1.54) is 26.2 Å². The summed E-state index contributed by atoms with van der Waals surface area (Å²) in [6.45, 7) is 9.99. The van der Waals surface area contributed by atoms with Crippen LogP contribution in [0.25, 0.3) is 0 Å². The number of aliphatic hydroxyl groups excluding tert-OH is 3. The van der Waals surface area contributed by atoms with E-state index in [4.69, 9.17) is 4.74 Å². The van der Waals surface area contributed by atoms with E-state index in [1.54, 1.807) is 0 Å². The van der Waals surface area contributed by atoms with E-state index in [1.807, 2.05) is 6.92 Å². The smallest absolute Gasteiger partial charge is 0.303 e. The van der Waals surface area contributed by atoms with Crippen LogP contribution in [0, 0.1) is 46.8 Å². The number of carbonyl (C=O) groups is 1. The van der Waals surface area contributed by atoms with Gasteiger partial charge in [0.25, 0.3) is 0 Å². The van der Waals surface area contributed by atoms with Crippen LogP contribution < -0.4 is 0 Å². The summed E-state index contributed by atoms with van der Waals surface area (Å²) in [5.41, 5.74) is -1.70. The molecule has 12 unspecified atom stereocenters. The van der Waals surface area contributed by atoms with Gasteiger partial charge in [-0.05, 0) is 105 Å². The molecule has 4 N–H and O–H groups in total. The van der Waals surface area contributed by atoms with Gasteiger partial charge in [0, 0.05) is 13.3 Å². The molecule has 0 heterocycles. The molecular formula is C29H50O6. The number of aliphatic hydroxyl groups is 4. The zero-order valence-electron chi connectivity index (χ0n) is 22.6. The zero-order chi connectivity index (χ0) is 25.8. The summed E-state index contributed by atoms with van der Waals surface area (Å²) in [4.78, 5) is 11.6. The van der Waals surface area contributed by atoms with Crippen molar-refractivity contribution in [1.29, 1.82) is 0 Å². The second-order valence-corrected chi connectivity index (χ2v) is 13.5. The Bertz CT molecular complexity index is 772. The molecule has 4 rings (SSSR count). The maximum atomic E-state index is 11.6. The van der Waals surface area contributed by atoms with Crippen LogP contribution in [0.4, 0.5) is 0 Å². The van der Waals surface area contributed by atoms with Crippen LogP contribution >= 0.6 is 0 Å². The SMILES string of the molecule is CC(=O)OC(C)(CO)C(C)CCC(C)C1CCC2C3CC(O)C4(O)CC(O)CCC4C3CCC12C. The molecule has 0 saturated heterocycles. The molecule has 4 saturated carbocycles. The Morgan fingerprint density at radius 2 is 1.74 bits per heavy atom. The molecule has 0 amide bonds. The summed E-state index contributed by atoms with van der Waals surface area (Å²) in [6, 6.07) is 0. The summed E-state index contributed by atoms with van der Waals surface area (Å²) < 4.78 is 5.49. The Labute approximate surface area is 211 Å². The molecule has 0 aliphatic heterocycles. The van der Waals surface area contributed by atoms with Crippen molar-refractivity contribution in [2.45, 2.75) is 122 Å². The monoisotopic (exact) mass is 494 g/mol. The molecule has 0 radical (unpaired) electrons. The molecule has 4 aliphatic rings. The van der Waals surface area contributed by atoms with Crippen LogP contribution in [-0.4, -0.2) is 56.4 Å². The van der Waals surface area contributed by atoms with Gasteiger partial charge in [0.05, 0.1) is 24.4 Å². The zero-order valence-corrected chi connectivity index (χ0v) is 22.6. The molecule has 4 fully saturated rings. The third kappa shape index (κ3) is 4.70. The van der Waals surface area contributed by atoms with Gasteiger partial charge in [0.1, 0.15) is 5.60 Å². The normalized spacial score (nSPS) is 46.5. The molecule has 6 nitrogen and oxygen atoms in total. The van der Waals surface area contributed by atoms with Crippen LogP contribution in [0.15, 0.2) is 0 Å². The number of hydrogen-bond donors (Lipinski definition) is 4. The number of hydrogen-bond acceptors (Lipinski definition) is 6. The van der Waals surface area contributed by atoms with Crippen LogP contribution in [-0.2, 0) is 9.53 Å². The highest BCUT2D eigenvalue weighted by Crippen LogP contribution is 2.66. The van der Waals surface area contributed by atoms with Gasteiger partial charge < -0.3 is 25.2 Å². The van der Waals surface area contributed by atoms with Crippen LogP contribution in [0.1, 0.15) is 98.8 Å². The van der Waals surface area contributed by atoms with Gasteiger partial charge in [-0.15, -0.1) is 0 Å². The van der Waals surface area contributed by atoms with Gasteiger partial charge in [-0.25, -0.2) is 0 Å². The first kappa shape index (κ1) is 27.3. The van der Waals surface area contributed by atoms with Gasteiger partial charge in [-0.1, -0.05) is 27.2 Å². The number of fused-ring (bicyclic) bond motifs is 5. The van der Waals surface area contributed by atoms with Crippen molar-refractivity contribution in [3.63, 3.8) is 0 Å². The minimum Gasteiger partial charge on any atom is -0.457 e. The van der Waals surface area contributed by atoms with Crippen molar-refractivity contribution in [3.8, 4) is 0 Å². The molecule has 12 atom stereocenters. The lowest BCUT2D eigenvalue weighted by Crippen LogP contribution is -2.63. The predicted molar refractivity (Wildman–Crippen MR) is 134 cm³/mol. The van der Waals surface area contributed by atoms with Crippen molar-refractivity contribution in [2.24, 2.45) is 46.8 Å². The van der Waals surface area contributed by atoms with Crippen LogP contribution in [0.5, 0.6) is 0 Å². The summed E-state index contributed by atoms with van der Waals surface area (Å²) in [5, 5.41) is 42.6. The highest BCUT2D eigenvalue weighted by molar-refractivity contribution is 5.66. The van der Waals surface area contributed by atoms with E-state index in [0.717, 1.165) is 32.1 Å². The molecule has 35 heavy (non-hydrogen) atoms. The molecular weight excluding hydrogens is 444 g/mol. The number of rotatable bonds is 7. The molecule has 0 aromatic carbocycles. The maximum absolute atomic E-state index is 11.6. The first-order valence-corrected chi connectivity index (χ1v) is 14.2. The molecule has 4 aliphatic carbocycles. The van der Waals surface area contributed by atoms with Gasteiger partial charge in [0.15, 0.2) is 0 Å². The Kier molecular flexibility index (Phi) is 7.72. The first-order chi connectivity index (χ1) is 16.4. The average molecular weight is 495 g/mol. The molecule has 6 heteroatoms. The largest absolute Gasteiger partial charge is 0.457 e. The summed E-state index contributed by atoms with van der Waals surface area (Å²) in [5.74, 6) is 2.50. The molecule has 0 aromatic rings. The van der Waals surface area contributed by atoms with Crippen molar-refractivity contribution in [2.75, 3.05) is 6.61 Å². The van der Waals surface area contributed by atoms with E-state index in [0.29, 0.717) is 42.4 Å². The van der Waals surface area contributed by atoms with Gasteiger partial charge in [-0.3, -0.25) is 4.79 Å². The van der Waals surface area contributed by atoms with E-state index in [-0.39, 0.29) is 29.8 Å². The highest BCUT2D eigenvalue weighted by atomic mass is 16.6. The van der Waals surface area contributed by atoms with Crippen molar-refractivity contribution in [1.82, 2.24) is 0 Å². The number of ether oxygens (including phenoxy) is 1. The van der Waals surface area contributed by atoms with Crippen LogP contribution in [0.3, 0.4) is 0 Å². The number of esters is 1. The fourth-order valence-corrected chi connectivity index (χ4v) is 9.45. The fraction of sp³-hybridized carbons (Fsp3) is 0.966.